The number of fused-ring (bicyclic) bond motifs is 2. The van der Waals surface area contributed by atoms with Gasteiger partial charge in [0.2, 0.25) is 0 Å². The Hall–Kier alpha value is -2.14. The van der Waals surface area contributed by atoms with E-state index in [4.69, 9.17) is 4.74 Å². The molecule has 2 aromatic rings. The van der Waals surface area contributed by atoms with E-state index in [1.165, 1.54) is 31.5 Å². The summed E-state index contributed by atoms with van der Waals surface area (Å²) in [6.07, 6.45) is 8.10. The fraction of sp³-hybridized carbons (Fsp3) is 0.500. The summed E-state index contributed by atoms with van der Waals surface area (Å²) < 4.78 is 5.47. The van der Waals surface area contributed by atoms with Crippen molar-refractivity contribution in [3.63, 3.8) is 0 Å². The van der Waals surface area contributed by atoms with E-state index >= 15 is 0 Å². The summed E-state index contributed by atoms with van der Waals surface area (Å²) in [6, 6.07) is 9.74. The molecular formula is C20H24N4O. The minimum atomic E-state index is 0.491. The Morgan fingerprint density at radius 3 is 2.76 bits per heavy atom. The summed E-state index contributed by atoms with van der Waals surface area (Å²) in [6.45, 7) is 3.48. The van der Waals surface area contributed by atoms with Gasteiger partial charge in [-0.15, -0.1) is 0 Å². The summed E-state index contributed by atoms with van der Waals surface area (Å²) in [5, 5.41) is 0. The molecule has 4 aliphatic heterocycles. The Kier molecular flexibility index (Phi) is 3.63. The maximum atomic E-state index is 5.47. The third kappa shape index (κ3) is 2.41. The maximum absolute atomic E-state index is 5.47. The minimum absolute atomic E-state index is 0.491. The van der Waals surface area contributed by atoms with E-state index in [2.05, 4.69) is 38.0 Å². The lowest BCUT2D eigenvalue weighted by molar-refractivity contribution is 0.0354. The van der Waals surface area contributed by atoms with Crippen molar-refractivity contribution in [3.8, 4) is 5.75 Å². The average Bonchev–Trinajstić information content (AvgIpc) is 3.12. The van der Waals surface area contributed by atoms with Crippen molar-refractivity contribution in [3.05, 3.63) is 48.4 Å². The molecule has 5 nitrogen and oxygen atoms in total. The lowest BCUT2D eigenvalue weighted by Crippen LogP contribution is -2.60. The molecule has 2 bridgehead atoms. The van der Waals surface area contributed by atoms with Gasteiger partial charge in [-0.3, -0.25) is 9.88 Å². The van der Waals surface area contributed by atoms with Crippen molar-refractivity contribution in [1.29, 1.82) is 0 Å². The Morgan fingerprint density at radius 2 is 2.00 bits per heavy atom. The van der Waals surface area contributed by atoms with E-state index in [0.29, 0.717) is 18.0 Å². The molecule has 5 heterocycles. The lowest BCUT2D eigenvalue weighted by Gasteiger charge is -2.51. The highest BCUT2D eigenvalue weighted by Crippen LogP contribution is 2.47. The summed E-state index contributed by atoms with van der Waals surface area (Å²) in [7, 11) is 1.74. The highest BCUT2D eigenvalue weighted by molar-refractivity contribution is 5.46. The van der Waals surface area contributed by atoms with Crippen molar-refractivity contribution >= 4 is 5.82 Å². The van der Waals surface area contributed by atoms with Crippen molar-refractivity contribution < 1.29 is 4.74 Å². The normalized spacial score (nSPS) is 33.3. The van der Waals surface area contributed by atoms with Crippen molar-refractivity contribution in [1.82, 2.24) is 14.9 Å². The van der Waals surface area contributed by atoms with Gasteiger partial charge in [-0.2, -0.15) is 0 Å². The number of nitrogens with zero attached hydrogens (tertiary/aromatic N) is 4. The number of rotatable bonds is 3. The van der Waals surface area contributed by atoms with E-state index in [1.54, 1.807) is 13.3 Å². The van der Waals surface area contributed by atoms with Crippen molar-refractivity contribution in [2.45, 2.75) is 30.8 Å². The van der Waals surface area contributed by atoms with Gasteiger partial charge < -0.3 is 9.64 Å². The van der Waals surface area contributed by atoms with Crippen LogP contribution in [-0.2, 0) is 0 Å². The fourth-order valence-electron chi connectivity index (χ4n) is 5.29. The van der Waals surface area contributed by atoms with Crippen molar-refractivity contribution in [2.24, 2.45) is 5.92 Å². The molecule has 25 heavy (non-hydrogen) atoms. The van der Waals surface area contributed by atoms with Gasteiger partial charge in [-0.05, 0) is 49.5 Å². The van der Waals surface area contributed by atoms with Gasteiger partial charge in [0, 0.05) is 36.9 Å². The monoisotopic (exact) mass is 336 g/mol. The Balaban J connectivity index is 1.56. The zero-order valence-corrected chi connectivity index (χ0v) is 14.6. The molecule has 0 spiro atoms. The quantitative estimate of drug-likeness (QED) is 0.862. The van der Waals surface area contributed by atoms with Gasteiger partial charge in [0.05, 0.1) is 13.3 Å². The summed E-state index contributed by atoms with van der Waals surface area (Å²) in [5.41, 5.74) is 1.38. The average molecular weight is 336 g/mol. The summed E-state index contributed by atoms with van der Waals surface area (Å²) in [5.74, 6) is 3.23. The number of piperidine rings is 3. The molecule has 0 saturated carbocycles. The molecule has 5 heteroatoms. The topological polar surface area (TPSA) is 41.5 Å². The third-order valence-electron chi connectivity index (χ3n) is 6.36. The third-order valence-corrected chi connectivity index (χ3v) is 6.36. The van der Waals surface area contributed by atoms with E-state index in [0.717, 1.165) is 24.0 Å². The SMILES string of the molecule is COc1cccc([C@@H]2CN(c3cnccn3)[C@H]3C4CCN(CC4)[C@@H]23)c1. The second-order valence-electron chi connectivity index (χ2n) is 7.45. The molecule has 0 N–H and O–H groups in total. The van der Waals surface area contributed by atoms with Gasteiger partial charge in [-0.25, -0.2) is 4.98 Å². The zero-order valence-electron chi connectivity index (χ0n) is 14.6. The second-order valence-corrected chi connectivity index (χ2v) is 7.45. The van der Waals surface area contributed by atoms with Crippen molar-refractivity contribution in [2.75, 3.05) is 31.6 Å². The zero-order chi connectivity index (χ0) is 16.8. The predicted octanol–water partition coefficient (Wildman–Crippen LogP) is 2.55. The molecule has 4 fully saturated rings. The van der Waals surface area contributed by atoms with Crippen LogP contribution >= 0.6 is 0 Å². The standard InChI is InChI=1S/C20H24N4O/c1-25-16-4-2-3-15(11-16)17-13-24(18-12-21-7-8-22-18)19-14-5-9-23(10-6-14)20(17)19/h2-4,7-8,11-12,14,17,19-20H,5-6,9-10,13H2,1H3/t17-,19-,20-/m0/s1. The molecule has 0 radical (unpaired) electrons. The van der Waals surface area contributed by atoms with Crippen LogP contribution in [0, 0.1) is 5.92 Å². The number of hydrogen-bond acceptors (Lipinski definition) is 5. The van der Waals surface area contributed by atoms with Crippen LogP contribution in [0.3, 0.4) is 0 Å². The van der Waals surface area contributed by atoms with Gasteiger partial charge in [-0.1, -0.05) is 12.1 Å². The van der Waals surface area contributed by atoms with Crippen LogP contribution in [0.2, 0.25) is 0 Å². The number of methoxy groups -OCH3 is 1. The highest BCUT2D eigenvalue weighted by Gasteiger charge is 2.53. The van der Waals surface area contributed by atoms with Gasteiger partial charge in [0.15, 0.2) is 0 Å². The Labute approximate surface area is 148 Å². The number of anilines is 1. The van der Waals surface area contributed by atoms with Gasteiger partial charge in [0.1, 0.15) is 11.6 Å². The van der Waals surface area contributed by atoms with Gasteiger partial charge in [0.25, 0.3) is 0 Å². The van der Waals surface area contributed by atoms with Gasteiger partial charge >= 0.3 is 0 Å². The molecule has 4 aliphatic rings. The molecule has 3 atom stereocenters. The number of hydrogen-bond donors (Lipinski definition) is 0. The first-order valence-electron chi connectivity index (χ1n) is 9.26. The summed E-state index contributed by atoms with van der Waals surface area (Å²) in [4.78, 5) is 14.2. The molecule has 1 aromatic heterocycles. The second kappa shape index (κ2) is 5.99. The Morgan fingerprint density at radius 1 is 1.12 bits per heavy atom. The van der Waals surface area contributed by atoms with E-state index in [9.17, 15) is 0 Å². The first-order chi connectivity index (χ1) is 12.3. The number of ether oxygens (including phenoxy) is 1. The van der Waals surface area contributed by atoms with Crippen LogP contribution in [0.5, 0.6) is 5.75 Å². The molecule has 6 rings (SSSR count). The van der Waals surface area contributed by atoms with E-state index < -0.39 is 0 Å². The first-order valence-corrected chi connectivity index (χ1v) is 9.26. The maximum Gasteiger partial charge on any atom is 0.147 e. The molecule has 0 unspecified atom stereocenters. The minimum Gasteiger partial charge on any atom is -0.497 e. The molecular weight excluding hydrogens is 312 g/mol. The molecule has 1 aromatic carbocycles. The highest BCUT2D eigenvalue weighted by atomic mass is 16.5. The Bertz CT molecular complexity index is 744. The lowest BCUT2D eigenvalue weighted by atomic mass is 9.75. The van der Waals surface area contributed by atoms with Crippen LogP contribution in [0.15, 0.2) is 42.9 Å². The molecule has 130 valence electrons. The largest absolute Gasteiger partial charge is 0.497 e. The first kappa shape index (κ1) is 15.1. The molecule has 0 aliphatic carbocycles. The predicted molar refractivity (Wildman–Crippen MR) is 97.0 cm³/mol. The van der Waals surface area contributed by atoms with Crippen LogP contribution < -0.4 is 9.64 Å². The van der Waals surface area contributed by atoms with E-state index in [-0.39, 0.29) is 0 Å². The fourth-order valence-corrected chi connectivity index (χ4v) is 5.29. The molecule has 4 saturated heterocycles. The smallest absolute Gasteiger partial charge is 0.147 e. The number of benzene rings is 1. The van der Waals surface area contributed by atoms with Crippen LogP contribution in [-0.4, -0.2) is 53.7 Å². The van der Waals surface area contributed by atoms with Crippen LogP contribution in [0.1, 0.15) is 24.3 Å². The number of aromatic nitrogens is 2. The van der Waals surface area contributed by atoms with Crippen LogP contribution in [0.25, 0.3) is 0 Å². The van der Waals surface area contributed by atoms with Crippen LogP contribution in [0.4, 0.5) is 5.82 Å². The molecule has 0 amide bonds. The van der Waals surface area contributed by atoms with E-state index in [1.807, 2.05) is 18.5 Å². The summed E-state index contributed by atoms with van der Waals surface area (Å²) >= 11 is 0.